The molecule has 1 heterocycles. The summed E-state index contributed by atoms with van der Waals surface area (Å²) in [4.78, 5) is 4.56. The van der Waals surface area contributed by atoms with Gasteiger partial charge >= 0.3 is 0 Å². The van der Waals surface area contributed by atoms with E-state index in [0.29, 0.717) is 5.92 Å². The van der Waals surface area contributed by atoms with E-state index in [1.54, 1.807) is 0 Å². The van der Waals surface area contributed by atoms with Gasteiger partial charge in [0.2, 0.25) is 5.89 Å². The van der Waals surface area contributed by atoms with Gasteiger partial charge in [0.05, 0.1) is 0 Å². The van der Waals surface area contributed by atoms with Gasteiger partial charge in [-0.1, -0.05) is 44.2 Å². The monoisotopic (exact) mass is 251 g/mol. The van der Waals surface area contributed by atoms with E-state index in [1.165, 1.54) is 44.9 Å². The molecule has 1 saturated carbocycles. The molecule has 0 atom stereocenters. The second-order valence-electron chi connectivity index (χ2n) is 5.19. The SMILES string of the molecule is CCNCCc1nc(C2CCCCCCC2)no1. The van der Waals surface area contributed by atoms with Crippen molar-refractivity contribution in [2.24, 2.45) is 0 Å². The van der Waals surface area contributed by atoms with Crippen LogP contribution in [0.5, 0.6) is 0 Å². The standard InChI is InChI=1S/C14H25N3O/c1-2-15-11-10-13-16-14(17-18-13)12-8-6-4-3-5-7-9-12/h12,15H,2-11H2,1H3. The minimum atomic E-state index is 0.530. The highest BCUT2D eigenvalue weighted by Gasteiger charge is 2.19. The lowest BCUT2D eigenvalue weighted by molar-refractivity contribution is 0.360. The largest absolute Gasteiger partial charge is 0.339 e. The normalized spacial score (nSPS) is 18.5. The van der Waals surface area contributed by atoms with Crippen LogP contribution in [0.25, 0.3) is 0 Å². The molecule has 4 nitrogen and oxygen atoms in total. The molecular formula is C14H25N3O. The number of hydrogen-bond donors (Lipinski definition) is 1. The fourth-order valence-corrected chi connectivity index (χ4v) is 2.62. The predicted octanol–water partition coefficient (Wildman–Crippen LogP) is 3.05. The van der Waals surface area contributed by atoms with Gasteiger partial charge in [0.15, 0.2) is 5.82 Å². The number of rotatable bonds is 5. The molecule has 0 unspecified atom stereocenters. The first-order valence-electron chi connectivity index (χ1n) is 7.43. The van der Waals surface area contributed by atoms with Crippen LogP contribution < -0.4 is 5.32 Å². The molecular weight excluding hydrogens is 226 g/mol. The van der Waals surface area contributed by atoms with Crippen LogP contribution in [0.3, 0.4) is 0 Å². The van der Waals surface area contributed by atoms with E-state index >= 15 is 0 Å². The number of nitrogens with zero attached hydrogens (tertiary/aromatic N) is 2. The summed E-state index contributed by atoms with van der Waals surface area (Å²) in [7, 11) is 0. The van der Waals surface area contributed by atoms with Crippen LogP contribution in [-0.2, 0) is 6.42 Å². The molecule has 4 heteroatoms. The van der Waals surface area contributed by atoms with Crippen molar-refractivity contribution in [3.8, 4) is 0 Å². The second-order valence-corrected chi connectivity index (χ2v) is 5.19. The summed E-state index contributed by atoms with van der Waals surface area (Å²) in [6.45, 7) is 4.01. The van der Waals surface area contributed by atoms with E-state index in [0.717, 1.165) is 31.2 Å². The molecule has 1 N–H and O–H groups in total. The van der Waals surface area contributed by atoms with Crippen molar-refractivity contribution in [1.29, 1.82) is 0 Å². The van der Waals surface area contributed by atoms with Crippen molar-refractivity contribution in [2.75, 3.05) is 13.1 Å². The highest BCUT2D eigenvalue weighted by Crippen LogP contribution is 2.29. The zero-order chi connectivity index (χ0) is 12.6. The topological polar surface area (TPSA) is 51.0 Å². The maximum atomic E-state index is 5.34. The van der Waals surface area contributed by atoms with Crippen LogP contribution in [0.15, 0.2) is 4.52 Å². The van der Waals surface area contributed by atoms with Crippen LogP contribution in [0.2, 0.25) is 0 Å². The van der Waals surface area contributed by atoms with Gasteiger partial charge in [0, 0.05) is 18.9 Å². The van der Waals surface area contributed by atoms with Crippen molar-refractivity contribution in [2.45, 2.75) is 64.2 Å². The zero-order valence-corrected chi connectivity index (χ0v) is 11.5. The Morgan fingerprint density at radius 3 is 2.61 bits per heavy atom. The van der Waals surface area contributed by atoms with E-state index in [-0.39, 0.29) is 0 Å². The van der Waals surface area contributed by atoms with Gasteiger partial charge in [-0.05, 0) is 19.4 Å². The molecule has 0 saturated heterocycles. The fraction of sp³-hybridized carbons (Fsp3) is 0.857. The Kier molecular flexibility index (Phi) is 5.65. The third kappa shape index (κ3) is 4.09. The molecule has 0 bridgehead atoms. The highest BCUT2D eigenvalue weighted by molar-refractivity contribution is 4.96. The van der Waals surface area contributed by atoms with Gasteiger partial charge < -0.3 is 9.84 Å². The summed E-state index contributed by atoms with van der Waals surface area (Å²) in [5.41, 5.74) is 0. The van der Waals surface area contributed by atoms with Gasteiger partial charge in [-0.15, -0.1) is 0 Å². The average molecular weight is 251 g/mol. The van der Waals surface area contributed by atoms with Crippen LogP contribution in [-0.4, -0.2) is 23.2 Å². The Labute approximate surface area is 110 Å². The molecule has 1 aliphatic carbocycles. The van der Waals surface area contributed by atoms with E-state index in [1.807, 2.05) is 0 Å². The third-order valence-corrected chi connectivity index (χ3v) is 3.72. The summed E-state index contributed by atoms with van der Waals surface area (Å²) in [5, 5.41) is 7.45. The zero-order valence-electron chi connectivity index (χ0n) is 11.5. The van der Waals surface area contributed by atoms with Gasteiger partial charge in [0.1, 0.15) is 0 Å². The summed E-state index contributed by atoms with van der Waals surface area (Å²) < 4.78 is 5.34. The first-order valence-corrected chi connectivity index (χ1v) is 7.43. The minimum Gasteiger partial charge on any atom is -0.339 e. The smallest absolute Gasteiger partial charge is 0.227 e. The third-order valence-electron chi connectivity index (χ3n) is 3.72. The molecule has 1 fully saturated rings. The molecule has 0 amide bonds. The van der Waals surface area contributed by atoms with E-state index in [9.17, 15) is 0 Å². The molecule has 2 rings (SSSR count). The quantitative estimate of drug-likeness (QED) is 0.817. The first kappa shape index (κ1) is 13.5. The maximum absolute atomic E-state index is 5.34. The average Bonchev–Trinajstić information content (AvgIpc) is 2.78. The van der Waals surface area contributed by atoms with Crippen LogP contribution in [0, 0.1) is 0 Å². The maximum Gasteiger partial charge on any atom is 0.227 e. The van der Waals surface area contributed by atoms with Gasteiger partial charge in [-0.3, -0.25) is 0 Å². The van der Waals surface area contributed by atoms with E-state index in [2.05, 4.69) is 22.4 Å². The highest BCUT2D eigenvalue weighted by atomic mass is 16.5. The van der Waals surface area contributed by atoms with Crippen LogP contribution in [0.4, 0.5) is 0 Å². The lowest BCUT2D eigenvalue weighted by Crippen LogP contribution is -2.16. The Hall–Kier alpha value is -0.900. The predicted molar refractivity (Wildman–Crippen MR) is 71.6 cm³/mol. The molecule has 1 aliphatic rings. The lowest BCUT2D eigenvalue weighted by Gasteiger charge is -2.15. The molecule has 0 spiro atoms. The second kappa shape index (κ2) is 7.52. The molecule has 0 aliphatic heterocycles. The molecule has 0 radical (unpaired) electrons. The number of hydrogen-bond acceptors (Lipinski definition) is 4. The Morgan fingerprint density at radius 1 is 1.17 bits per heavy atom. The van der Waals surface area contributed by atoms with E-state index in [4.69, 9.17) is 4.52 Å². The lowest BCUT2D eigenvalue weighted by atomic mass is 9.91. The Bertz CT molecular complexity index is 330. The fourth-order valence-electron chi connectivity index (χ4n) is 2.62. The van der Waals surface area contributed by atoms with Gasteiger partial charge in [0.25, 0.3) is 0 Å². The van der Waals surface area contributed by atoms with Crippen LogP contribution >= 0.6 is 0 Å². The molecule has 0 aromatic carbocycles. The Balaban J connectivity index is 1.86. The van der Waals surface area contributed by atoms with E-state index < -0.39 is 0 Å². The van der Waals surface area contributed by atoms with Gasteiger partial charge in [-0.2, -0.15) is 4.98 Å². The summed E-state index contributed by atoms with van der Waals surface area (Å²) >= 11 is 0. The van der Waals surface area contributed by atoms with Crippen molar-refractivity contribution >= 4 is 0 Å². The van der Waals surface area contributed by atoms with Gasteiger partial charge in [-0.25, -0.2) is 0 Å². The molecule has 18 heavy (non-hydrogen) atoms. The molecule has 1 aromatic rings. The number of likely N-dealkylation sites (N-methyl/N-ethyl adjacent to an activating group) is 1. The summed E-state index contributed by atoms with van der Waals surface area (Å²) in [5.74, 6) is 2.26. The Morgan fingerprint density at radius 2 is 1.89 bits per heavy atom. The van der Waals surface area contributed by atoms with Crippen molar-refractivity contribution in [1.82, 2.24) is 15.5 Å². The van der Waals surface area contributed by atoms with Crippen molar-refractivity contribution in [3.05, 3.63) is 11.7 Å². The summed E-state index contributed by atoms with van der Waals surface area (Å²) in [6, 6.07) is 0. The number of nitrogens with one attached hydrogen (secondary N) is 1. The van der Waals surface area contributed by atoms with Crippen molar-refractivity contribution < 1.29 is 4.52 Å². The van der Waals surface area contributed by atoms with Crippen LogP contribution in [0.1, 0.15) is 69.5 Å². The summed E-state index contributed by atoms with van der Waals surface area (Å²) in [6.07, 6.45) is 10.0. The first-order chi connectivity index (χ1) is 8.90. The number of aromatic nitrogens is 2. The molecule has 1 aromatic heterocycles. The molecule has 102 valence electrons. The van der Waals surface area contributed by atoms with Crippen molar-refractivity contribution in [3.63, 3.8) is 0 Å². The minimum absolute atomic E-state index is 0.530.